The van der Waals surface area contributed by atoms with E-state index in [1.54, 1.807) is 18.1 Å². The van der Waals surface area contributed by atoms with Gasteiger partial charge in [0.25, 0.3) is 0 Å². The summed E-state index contributed by atoms with van der Waals surface area (Å²) < 4.78 is 28.6. The lowest BCUT2D eigenvalue weighted by molar-refractivity contribution is 0.0156. The van der Waals surface area contributed by atoms with Gasteiger partial charge in [0.2, 0.25) is 0 Å². The van der Waals surface area contributed by atoms with Crippen molar-refractivity contribution in [3.8, 4) is 0 Å². The largest absolute Gasteiger partial charge is 0.379 e. The zero-order chi connectivity index (χ0) is 19.3. The zero-order valence-electron chi connectivity index (χ0n) is 15.7. The van der Waals surface area contributed by atoms with E-state index in [0.717, 1.165) is 18.8 Å². The highest BCUT2D eigenvalue weighted by atomic mass is 32.2. The number of morpholine rings is 1. The van der Waals surface area contributed by atoms with E-state index in [-0.39, 0.29) is 29.6 Å². The van der Waals surface area contributed by atoms with Crippen LogP contribution in [0, 0.1) is 0 Å². The van der Waals surface area contributed by atoms with Gasteiger partial charge in [0, 0.05) is 38.9 Å². The van der Waals surface area contributed by atoms with E-state index in [9.17, 15) is 13.2 Å². The minimum Gasteiger partial charge on any atom is -0.379 e. The Morgan fingerprint density at radius 3 is 2.67 bits per heavy atom. The molecule has 0 spiro atoms. The highest BCUT2D eigenvalue weighted by Gasteiger charge is 2.29. The Balaban J connectivity index is 1.60. The number of nitrogens with one attached hydrogen (secondary N) is 1. The molecule has 27 heavy (non-hydrogen) atoms. The Morgan fingerprint density at radius 2 is 2.04 bits per heavy atom. The van der Waals surface area contributed by atoms with E-state index in [4.69, 9.17) is 4.74 Å². The number of amides is 2. The van der Waals surface area contributed by atoms with Crippen molar-refractivity contribution in [2.45, 2.75) is 24.9 Å². The molecule has 0 unspecified atom stereocenters. The molecule has 1 atom stereocenters. The number of pyridine rings is 1. The molecule has 2 fully saturated rings. The van der Waals surface area contributed by atoms with Crippen molar-refractivity contribution in [1.82, 2.24) is 20.1 Å². The summed E-state index contributed by atoms with van der Waals surface area (Å²) in [6, 6.07) is 5.58. The molecule has 1 N–H and O–H groups in total. The van der Waals surface area contributed by atoms with Crippen molar-refractivity contribution >= 4 is 15.9 Å². The van der Waals surface area contributed by atoms with E-state index in [0.29, 0.717) is 32.6 Å². The fourth-order valence-electron chi connectivity index (χ4n) is 3.62. The molecule has 1 aromatic rings. The number of rotatable bonds is 5. The Kier molecular flexibility index (Phi) is 6.67. The van der Waals surface area contributed by atoms with Crippen molar-refractivity contribution in [3.63, 3.8) is 0 Å². The zero-order valence-corrected chi connectivity index (χ0v) is 16.5. The molecule has 150 valence electrons. The first-order chi connectivity index (χ1) is 13.0. The second kappa shape index (κ2) is 8.99. The Morgan fingerprint density at radius 1 is 1.33 bits per heavy atom. The second-order valence-corrected chi connectivity index (χ2v) is 9.40. The van der Waals surface area contributed by atoms with Crippen molar-refractivity contribution in [3.05, 3.63) is 30.1 Å². The van der Waals surface area contributed by atoms with Gasteiger partial charge in [0.15, 0.2) is 0 Å². The van der Waals surface area contributed by atoms with Gasteiger partial charge in [-0.3, -0.25) is 9.88 Å². The van der Waals surface area contributed by atoms with Crippen LogP contribution in [0.15, 0.2) is 24.4 Å². The number of sulfone groups is 1. The lowest BCUT2D eigenvalue weighted by Crippen LogP contribution is -2.49. The minimum atomic E-state index is -2.94. The van der Waals surface area contributed by atoms with Crippen LogP contribution in [0.25, 0.3) is 0 Å². The summed E-state index contributed by atoms with van der Waals surface area (Å²) in [5.41, 5.74) is 0.922. The van der Waals surface area contributed by atoms with Crippen LogP contribution in [0.2, 0.25) is 0 Å². The van der Waals surface area contributed by atoms with E-state index < -0.39 is 9.84 Å². The molecule has 0 aromatic carbocycles. The molecule has 0 saturated carbocycles. The molecule has 0 radical (unpaired) electrons. The maximum Gasteiger partial charge on any atom is 0.317 e. The number of hydrogen-bond donors (Lipinski definition) is 1. The normalized spacial score (nSPS) is 22.1. The van der Waals surface area contributed by atoms with E-state index in [1.165, 1.54) is 0 Å². The van der Waals surface area contributed by atoms with Crippen LogP contribution >= 0.6 is 0 Å². The van der Waals surface area contributed by atoms with Gasteiger partial charge in [-0.05, 0) is 25.0 Å². The highest BCUT2D eigenvalue weighted by molar-refractivity contribution is 7.91. The fourth-order valence-corrected chi connectivity index (χ4v) is 5.09. The molecule has 0 aliphatic carbocycles. The minimum absolute atomic E-state index is 0.0146. The smallest absolute Gasteiger partial charge is 0.317 e. The maximum atomic E-state index is 12.6. The lowest BCUT2D eigenvalue weighted by Gasteiger charge is -2.35. The molecule has 2 amide bonds. The lowest BCUT2D eigenvalue weighted by atomic mass is 10.1. The first kappa shape index (κ1) is 20.0. The van der Waals surface area contributed by atoms with Gasteiger partial charge in [-0.1, -0.05) is 6.07 Å². The molecule has 2 aliphatic heterocycles. The number of urea groups is 1. The molecule has 1 aromatic heterocycles. The van der Waals surface area contributed by atoms with E-state index >= 15 is 0 Å². The van der Waals surface area contributed by atoms with Crippen LogP contribution in [0.4, 0.5) is 4.79 Å². The van der Waals surface area contributed by atoms with E-state index in [1.807, 2.05) is 18.2 Å². The van der Waals surface area contributed by atoms with Crippen LogP contribution in [0.5, 0.6) is 0 Å². The summed E-state index contributed by atoms with van der Waals surface area (Å²) in [5, 5.41) is 3.01. The molecule has 9 heteroatoms. The highest BCUT2D eigenvalue weighted by Crippen LogP contribution is 2.20. The van der Waals surface area contributed by atoms with Gasteiger partial charge < -0.3 is 15.0 Å². The number of hydrogen-bond acceptors (Lipinski definition) is 6. The van der Waals surface area contributed by atoms with Crippen molar-refractivity contribution in [1.29, 1.82) is 0 Å². The monoisotopic (exact) mass is 396 g/mol. The van der Waals surface area contributed by atoms with Crippen molar-refractivity contribution in [2.24, 2.45) is 0 Å². The van der Waals surface area contributed by atoms with E-state index in [2.05, 4.69) is 15.2 Å². The molecule has 2 saturated heterocycles. The van der Waals surface area contributed by atoms with Gasteiger partial charge in [-0.2, -0.15) is 0 Å². The third-order valence-corrected chi connectivity index (χ3v) is 7.07. The number of ether oxygens (including phenoxy) is 1. The van der Waals surface area contributed by atoms with Gasteiger partial charge in [-0.25, -0.2) is 13.2 Å². The van der Waals surface area contributed by atoms with Crippen LogP contribution in [0.1, 0.15) is 24.6 Å². The molecule has 2 aliphatic rings. The first-order valence-electron chi connectivity index (χ1n) is 9.40. The first-order valence-corrected chi connectivity index (χ1v) is 11.2. The average molecular weight is 397 g/mol. The third kappa shape index (κ3) is 5.40. The fraction of sp³-hybridized carbons (Fsp3) is 0.667. The second-order valence-electron chi connectivity index (χ2n) is 7.10. The Bertz CT molecular complexity index is 708. The third-order valence-electron chi connectivity index (χ3n) is 5.35. The Labute approximate surface area is 160 Å². The predicted octanol–water partition coefficient (Wildman–Crippen LogP) is 0.674. The van der Waals surface area contributed by atoms with Gasteiger partial charge in [-0.15, -0.1) is 0 Å². The number of aromatic nitrogens is 1. The molecular formula is C18H28N4O4S. The van der Waals surface area contributed by atoms with Crippen LogP contribution in [-0.2, 0) is 14.6 Å². The summed E-state index contributed by atoms with van der Waals surface area (Å²) in [6.45, 7) is 3.40. The summed E-state index contributed by atoms with van der Waals surface area (Å²) in [4.78, 5) is 21.0. The van der Waals surface area contributed by atoms with Crippen molar-refractivity contribution in [2.75, 3.05) is 51.4 Å². The summed E-state index contributed by atoms with van der Waals surface area (Å²) >= 11 is 0. The maximum absolute atomic E-state index is 12.6. The predicted molar refractivity (Wildman–Crippen MR) is 102 cm³/mol. The molecular weight excluding hydrogens is 368 g/mol. The summed E-state index contributed by atoms with van der Waals surface area (Å²) in [5.74, 6) is 0.305. The SMILES string of the molecule is CN(C(=O)NC[C@H](c1ccccn1)N1CCOCC1)C1CCS(=O)(=O)CC1. The van der Waals surface area contributed by atoms with Crippen molar-refractivity contribution < 1.29 is 17.9 Å². The van der Waals surface area contributed by atoms with Gasteiger partial charge >= 0.3 is 6.03 Å². The van der Waals surface area contributed by atoms with Gasteiger partial charge in [0.1, 0.15) is 9.84 Å². The molecule has 8 nitrogen and oxygen atoms in total. The van der Waals surface area contributed by atoms with Crippen LogP contribution < -0.4 is 5.32 Å². The van der Waals surface area contributed by atoms with Crippen LogP contribution in [-0.4, -0.2) is 86.7 Å². The summed E-state index contributed by atoms with van der Waals surface area (Å²) in [6.07, 6.45) is 2.76. The van der Waals surface area contributed by atoms with Gasteiger partial charge in [0.05, 0.1) is 36.5 Å². The van der Waals surface area contributed by atoms with Crippen LogP contribution in [0.3, 0.4) is 0 Å². The quantitative estimate of drug-likeness (QED) is 0.787. The number of carbonyl (C=O) groups is 1. The molecule has 0 bridgehead atoms. The Hall–Kier alpha value is -1.71. The molecule has 3 rings (SSSR count). The average Bonchev–Trinajstić information content (AvgIpc) is 2.69. The summed E-state index contributed by atoms with van der Waals surface area (Å²) in [7, 11) is -1.20. The number of carbonyl (C=O) groups excluding carboxylic acids is 1. The molecule has 3 heterocycles. The standard InChI is InChI=1S/C18H28N4O4S/c1-21(15-5-12-27(24,25)13-6-15)18(23)20-14-17(16-4-2-3-7-19-16)22-8-10-26-11-9-22/h2-4,7,15,17H,5-6,8-14H2,1H3,(H,20,23)/t17-/m1/s1. The number of nitrogens with zero attached hydrogens (tertiary/aromatic N) is 3. The topological polar surface area (TPSA) is 91.8 Å².